The molecule has 1 heterocycles. The molecule has 1 unspecified atom stereocenters. The van der Waals surface area contributed by atoms with Gasteiger partial charge in [-0.3, -0.25) is 4.79 Å². The first kappa shape index (κ1) is 20.3. The fourth-order valence-corrected chi connectivity index (χ4v) is 4.10. The molecule has 3 rings (SSSR count). The Bertz CT molecular complexity index is 975. The summed E-state index contributed by atoms with van der Waals surface area (Å²) >= 11 is 0. The van der Waals surface area contributed by atoms with E-state index in [1.54, 1.807) is 0 Å². The molecule has 0 spiro atoms. The zero-order valence-electron chi connectivity index (χ0n) is 14.4. The van der Waals surface area contributed by atoms with Crippen LogP contribution in [0.3, 0.4) is 0 Å². The van der Waals surface area contributed by atoms with Crippen LogP contribution in [0.25, 0.3) is 0 Å². The van der Waals surface area contributed by atoms with Gasteiger partial charge >= 0.3 is 6.18 Å². The average molecular weight is 416 g/mol. The van der Waals surface area contributed by atoms with Crippen molar-refractivity contribution in [3.05, 3.63) is 59.9 Å². The number of carbonyl (C=O) groups is 1. The van der Waals surface area contributed by atoms with E-state index < -0.39 is 32.5 Å². The van der Waals surface area contributed by atoms with Crippen molar-refractivity contribution in [3.63, 3.8) is 0 Å². The maximum atomic E-state index is 13.0. The quantitative estimate of drug-likeness (QED) is 0.762. The van der Waals surface area contributed by atoms with Gasteiger partial charge in [-0.05, 0) is 48.4 Å². The first-order valence-electron chi connectivity index (χ1n) is 8.29. The number of benzene rings is 2. The Kier molecular flexibility index (Phi) is 5.44. The van der Waals surface area contributed by atoms with Crippen LogP contribution in [0, 0.1) is 11.7 Å². The third-order valence-corrected chi connectivity index (χ3v) is 5.80. The molecule has 2 aromatic carbocycles. The van der Waals surface area contributed by atoms with Crippen LogP contribution in [0.15, 0.2) is 53.4 Å². The molecule has 1 aliphatic heterocycles. The molecule has 2 aromatic rings. The fourth-order valence-electron chi connectivity index (χ4n) is 2.94. The molecule has 0 saturated carbocycles. The second kappa shape index (κ2) is 7.51. The van der Waals surface area contributed by atoms with Crippen LogP contribution in [-0.2, 0) is 21.0 Å². The van der Waals surface area contributed by atoms with Crippen LogP contribution >= 0.6 is 0 Å². The summed E-state index contributed by atoms with van der Waals surface area (Å²) in [5, 5.41) is 0. The van der Waals surface area contributed by atoms with Crippen LogP contribution < -0.4 is 9.62 Å². The van der Waals surface area contributed by atoms with E-state index >= 15 is 0 Å². The number of carbonyl (C=O) groups excluding carboxylic acids is 1. The zero-order valence-corrected chi connectivity index (χ0v) is 15.2. The predicted octanol–water partition coefficient (Wildman–Crippen LogP) is 3.18. The van der Waals surface area contributed by atoms with Gasteiger partial charge in [0.05, 0.1) is 10.5 Å². The van der Waals surface area contributed by atoms with E-state index in [2.05, 4.69) is 4.72 Å². The van der Waals surface area contributed by atoms with E-state index in [1.165, 1.54) is 29.2 Å². The number of sulfonamides is 1. The molecule has 0 aromatic heterocycles. The molecular weight excluding hydrogens is 400 g/mol. The molecule has 1 atom stereocenters. The monoisotopic (exact) mass is 416 g/mol. The van der Waals surface area contributed by atoms with E-state index in [0.29, 0.717) is 11.8 Å². The highest BCUT2D eigenvalue weighted by atomic mass is 32.2. The highest BCUT2D eigenvalue weighted by Gasteiger charge is 2.33. The van der Waals surface area contributed by atoms with Crippen LogP contribution in [0.2, 0.25) is 0 Å². The van der Waals surface area contributed by atoms with E-state index in [1.807, 2.05) is 0 Å². The lowest BCUT2D eigenvalue weighted by Crippen LogP contribution is -2.31. The highest BCUT2D eigenvalue weighted by molar-refractivity contribution is 7.89. The van der Waals surface area contributed by atoms with Crippen molar-refractivity contribution >= 4 is 21.6 Å². The Morgan fingerprint density at radius 1 is 1.11 bits per heavy atom. The van der Waals surface area contributed by atoms with Crippen LogP contribution in [-0.4, -0.2) is 27.4 Å². The second-order valence-corrected chi connectivity index (χ2v) is 8.20. The zero-order chi connectivity index (χ0) is 20.5. The van der Waals surface area contributed by atoms with Gasteiger partial charge in [0.15, 0.2) is 0 Å². The molecule has 1 fully saturated rings. The van der Waals surface area contributed by atoms with Gasteiger partial charge in [0.1, 0.15) is 5.82 Å². The first-order chi connectivity index (χ1) is 13.1. The number of anilines is 1. The number of rotatable bonds is 5. The maximum Gasteiger partial charge on any atom is 0.416 e. The molecule has 1 N–H and O–H groups in total. The Morgan fingerprint density at radius 2 is 1.79 bits per heavy atom. The highest BCUT2D eigenvalue weighted by Crippen LogP contribution is 2.30. The molecule has 28 heavy (non-hydrogen) atoms. The van der Waals surface area contributed by atoms with Gasteiger partial charge in [0.2, 0.25) is 15.9 Å². The van der Waals surface area contributed by atoms with Gasteiger partial charge < -0.3 is 4.90 Å². The van der Waals surface area contributed by atoms with E-state index in [4.69, 9.17) is 0 Å². The van der Waals surface area contributed by atoms with Gasteiger partial charge in [-0.2, -0.15) is 13.2 Å². The number of halogens is 4. The van der Waals surface area contributed by atoms with Crippen molar-refractivity contribution in [1.29, 1.82) is 0 Å². The molecule has 1 aliphatic rings. The number of hydrogen-bond acceptors (Lipinski definition) is 3. The first-order valence-corrected chi connectivity index (χ1v) is 9.77. The van der Waals surface area contributed by atoms with Crippen molar-refractivity contribution in [3.8, 4) is 0 Å². The van der Waals surface area contributed by atoms with Crippen molar-refractivity contribution in [1.82, 2.24) is 4.72 Å². The minimum Gasteiger partial charge on any atom is -0.312 e. The summed E-state index contributed by atoms with van der Waals surface area (Å²) in [4.78, 5) is 13.1. The van der Waals surface area contributed by atoms with Crippen molar-refractivity contribution < 1.29 is 30.8 Å². The summed E-state index contributed by atoms with van der Waals surface area (Å²) in [6, 6.07) is 8.76. The van der Waals surface area contributed by atoms with Gasteiger partial charge in [0, 0.05) is 25.2 Å². The fraction of sp³-hybridized carbons (Fsp3) is 0.278. The summed E-state index contributed by atoms with van der Waals surface area (Å²) in [7, 11) is -4.17. The molecule has 0 bridgehead atoms. The number of amides is 1. The Labute approximate surface area is 159 Å². The molecule has 5 nitrogen and oxygen atoms in total. The minimum absolute atomic E-state index is 0.0719. The summed E-state index contributed by atoms with van der Waals surface area (Å²) in [5.41, 5.74) is -0.566. The van der Waals surface area contributed by atoms with Crippen LogP contribution in [0.4, 0.5) is 23.2 Å². The van der Waals surface area contributed by atoms with E-state index in [-0.39, 0.29) is 31.3 Å². The molecule has 10 heteroatoms. The van der Waals surface area contributed by atoms with Gasteiger partial charge in [-0.25, -0.2) is 17.5 Å². The standard InChI is InChI=1S/C18H16F4N2O3S/c19-14-4-6-15(7-5-14)24-11-12(8-17(24)25)10-23-28(26,27)16-3-1-2-13(9-16)18(20,21)22/h1-7,9,12,23H,8,10-11H2. The van der Waals surface area contributed by atoms with E-state index in [0.717, 1.165) is 18.2 Å². The lowest BCUT2D eigenvalue weighted by molar-refractivity contribution is -0.137. The molecule has 150 valence electrons. The van der Waals surface area contributed by atoms with E-state index in [9.17, 15) is 30.8 Å². The molecular formula is C18H16F4N2O3S. The smallest absolute Gasteiger partial charge is 0.312 e. The minimum atomic E-state index is -4.65. The Morgan fingerprint density at radius 3 is 2.43 bits per heavy atom. The van der Waals surface area contributed by atoms with Gasteiger partial charge in [0.25, 0.3) is 0 Å². The van der Waals surface area contributed by atoms with Crippen LogP contribution in [0.5, 0.6) is 0 Å². The van der Waals surface area contributed by atoms with Crippen LogP contribution in [0.1, 0.15) is 12.0 Å². The Hall–Kier alpha value is -2.46. The number of alkyl halides is 3. The van der Waals surface area contributed by atoms with Crippen molar-refractivity contribution in [2.45, 2.75) is 17.5 Å². The number of nitrogens with zero attached hydrogens (tertiary/aromatic N) is 1. The molecule has 0 aliphatic carbocycles. The Balaban J connectivity index is 1.67. The summed E-state index contributed by atoms with van der Waals surface area (Å²) < 4.78 is 78.2. The molecule has 1 saturated heterocycles. The van der Waals surface area contributed by atoms with Gasteiger partial charge in [-0.15, -0.1) is 0 Å². The second-order valence-electron chi connectivity index (χ2n) is 6.43. The third kappa shape index (κ3) is 4.50. The lowest BCUT2D eigenvalue weighted by Gasteiger charge is -2.17. The third-order valence-electron chi connectivity index (χ3n) is 4.38. The van der Waals surface area contributed by atoms with Gasteiger partial charge in [-0.1, -0.05) is 6.07 Å². The largest absolute Gasteiger partial charge is 0.416 e. The summed E-state index contributed by atoms with van der Waals surface area (Å²) in [6.45, 7) is 0.109. The molecule has 0 radical (unpaired) electrons. The summed E-state index contributed by atoms with van der Waals surface area (Å²) in [6.07, 6.45) is -4.58. The molecule has 1 amide bonds. The number of hydrogen-bond donors (Lipinski definition) is 1. The SMILES string of the molecule is O=C1CC(CNS(=O)(=O)c2cccc(C(F)(F)F)c2)CN1c1ccc(F)cc1. The topological polar surface area (TPSA) is 66.5 Å². The van der Waals surface area contributed by atoms with Crippen molar-refractivity contribution in [2.75, 3.05) is 18.0 Å². The predicted molar refractivity (Wildman–Crippen MR) is 93.5 cm³/mol. The summed E-state index contributed by atoms with van der Waals surface area (Å²) in [5.74, 6) is -1.05. The maximum absolute atomic E-state index is 13.0. The van der Waals surface area contributed by atoms with Crippen molar-refractivity contribution in [2.24, 2.45) is 5.92 Å². The normalized spacial score (nSPS) is 17.9. The lowest BCUT2D eigenvalue weighted by atomic mass is 10.1. The number of nitrogens with one attached hydrogen (secondary N) is 1. The average Bonchev–Trinajstić information content (AvgIpc) is 3.01.